The van der Waals surface area contributed by atoms with E-state index in [0.29, 0.717) is 22.6 Å². The summed E-state index contributed by atoms with van der Waals surface area (Å²) in [4.78, 5) is 14.6. The highest BCUT2D eigenvalue weighted by Crippen LogP contribution is 2.40. The number of furan rings is 1. The second-order valence-electron chi connectivity index (χ2n) is 5.98. The van der Waals surface area contributed by atoms with Gasteiger partial charge in [0.2, 0.25) is 0 Å². The molecule has 1 atom stereocenters. The number of phenolic OH excluding ortho intramolecular Hbond substituents is 2. The molecule has 26 heavy (non-hydrogen) atoms. The first-order valence-corrected chi connectivity index (χ1v) is 8.32. The van der Waals surface area contributed by atoms with E-state index in [0.717, 1.165) is 0 Å². The zero-order valence-electron chi connectivity index (χ0n) is 13.5. The van der Waals surface area contributed by atoms with E-state index in [-0.39, 0.29) is 23.2 Å². The van der Waals surface area contributed by atoms with Crippen molar-refractivity contribution in [2.75, 3.05) is 5.32 Å². The number of hydrogen-bond donors (Lipinski definition) is 3. The van der Waals surface area contributed by atoms with Crippen molar-refractivity contribution in [1.82, 2.24) is 4.90 Å². The van der Waals surface area contributed by atoms with E-state index < -0.39 is 11.9 Å². The molecule has 0 spiro atoms. The van der Waals surface area contributed by atoms with Crippen LogP contribution in [0.15, 0.2) is 59.2 Å². The van der Waals surface area contributed by atoms with E-state index in [4.69, 9.17) is 16.0 Å². The Morgan fingerprint density at radius 2 is 1.96 bits per heavy atom. The third-order valence-corrected chi connectivity index (χ3v) is 4.60. The molecule has 1 aliphatic rings. The third-order valence-electron chi connectivity index (χ3n) is 4.31. The standard InChI is InChI=1S/C19H15ClN2O4/c20-14-8-11(9-16(23)17(14)24)18-21-15-6-2-1-5-13(15)19(25)22(18)10-12-4-3-7-26-12/h1-9,18,21,23-24H,10H2/t18-/m0/s1. The van der Waals surface area contributed by atoms with Gasteiger partial charge in [0.1, 0.15) is 11.9 Å². The molecular formula is C19H15ClN2O4. The van der Waals surface area contributed by atoms with Crippen molar-refractivity contribution in [3.05, 3.63) is 76.7 Å². The molecule has 1 amide bonds. The molecule has 2 aromatic carbocycles. The quantitative estimate of drug-likeness (QED) is 0.604. The zero-order chi connectivity index (χ0) is 18.3. The highest BCUT2D eigenvalue weighted by molar-refractivity contribution is 6.32. The van der Waals surface area contributed by atoms with Crippen LogP contribution in [0.5, 0.6) is 11.5 Å². The van der Waals surface area contributed by atoms with Crippen LogP contribution in [0.3, 0.4) is 0 Å². The van der Waals surface area contributed by atoms with Gasteiger partial charge >= 0.3 is 0 Å². The molecule has 0 saturated carbocycles. The molecular weight excluding hydrogens is 356 g/mol. The van der Waals surface area contributed by atoms with E-state index >= 15 is 0 Å². The van der Waals surface area contributed by atoms with Crippen LogP contribution >= 0.6 is 11.6 Å². The molecule has 0 fully saturated rings. The number of carbonyl (C=O) groups is 1. The van der Waals surface area contributed by atoms with Gasteiger partial charge in [0.05, 0.1) is 23.4 Å². The molecule has 7 heteroatoms. The molecule has 3 aromatic rings. The van der Waals surface area contributed by atoms with Crippen LogP contribution in [0.2, 0.25) is 5.02 Å². The van der Waals surface area contributed by atoms with Gasteiger partial charge in [-0.2, -0.15) is 0 Å². The number of anilines is 1. The Morgan fingerprint density at radius 1 is 1.15 bits per heavy atom. The average molecular weight is 371 g/mol. The Bertz CT molecular complexity index is 948. The summed E-state index contributed by atoms with van der Waals surface area (Å²) < 4.78 is 5.39. The first-order valence-electron chi connectivity index (χ1n) is 7.95. The Hall–Kier alpha value is -3.12. The number of rotatable bonds is 3. The molecule has 3 N–H and O–H groups in total. The minimum absolute atomic E-state index is 0.00561. The van der Waals surface area contributed by atoms with Crippen LogP contribution in [0, 0.1) is 0 Å². The zero-order valence-corrected chi connectivity index (χ0v) is 14.3. The predicted octanol–water partition coefficient (Wildman–Crippen LogP) is 4.11. The third kappa shape index (κ3) is 2.74. The lowest BCUT2D eigenvalue weighted by Crippen LogP contribution is -2.42. The smallest absolute Gasteiger partial charge is 0.258 e. The van der Waals surface area contributed by atoms with Crippen LogP contribution in [-0.4, -0.2) is 21.0 Å². The lowest BCUT2D eigenvalue weighted by Gasteiger charge is -2.37. The summed E-state index contributed by atoms with van der Waals surface area (Å²) in [6.07, 6.45) is 0.954. The molecule has 0 saturated heterocycles. The first kappa shape index (κ1) is 16.4. The average Bonchev–Trinajstić information content (AvgIpc) is 3.15. The van der Waals surface area contributed by atoms with Crippen molar-refractivity contribution < 1.29 is 19.4 Å². The number of phenols is 2. The molecule has 0 aliphatic carbocycles. The SMILES string of the molecule is O=C1c2ccccc2N[C@H](c2cc(O)c(O)c(Cl)c2)N1Cc1ccco1. The minimum atomic E-state index is -0.591. The van der Waals surface area contributed by atoms with Gasteiger partial charge in [0, 0.05) is 11.3 Å². The van der Waals surface area contributed by atoms with Gasteiger partial charge in [0.25, 0.3) is 5.91 Å². The number of hydrogen-bond acceptors (Lipinski definition) is 5. The topological polar surface area (TPSA) is 85.9 Å². The van der Waals surface area contributed by atoms with Gasteiger partial charge in [-0.1, -0.05) is 23.7 Å². The number of amides is 1. The Labute approximate surface area is 154 Å². The van der Waals surface area contributed by atoms with Crippen LogP contribution in [-0.2, 0) is 6.54 Å². The number of carbonyl (C=O) groups excluding carboxylic acids is 1. The number of halogens is 1. The maximum absolute atomic E-state index is 13.1. The molecule has 0 bridgehead atoms. The Kier molecular flexibility index (Phi) is 3.97. The van der Waals surface area contributed by atoms with E-state index in [2.05, 4.69) is 5.32 Å². The van der Waals surface area contributed by atoms with Gasteiger partial charge in [0.15, 0.2) is 11.5 Å². The fourth-order valence-electron chi connectivity index (χ4n) is 3.05. The molecule has 6 nitrogen and oxygen atoms in total. The Balaban J connectivity index is 1.80. The summed E-state index contributed by atoms with van der Waals surface area (Å²) in [5, 5.41) is 22.9. The summed E-state index contributed by atoms with van der Waals surface area (Å²) in [7, 11) is 0. The van der Waals surface area contributed by atoms with Crippen LogP contribution in [0.4, 0.5) is 5.69 Å². The van der Waals surface area contributed by atoms with Gasteiger partial charge in [-0.25, -0.2) is 0 Å². The number of nitrogens with one attached hydrogen (secondary N) is 1. The van der Waals surface area contributed by atoms with Crippen molar-refractivity contribution in [2.45, 2.75) is 12.7 Å². The summed E-state index contributed by atoms with van der Waals surface area (Å²) in [5.74, 6) is -0.294. The fourth-order valence-corrected chi connectivity index (χ4v) is 3.28. The molecule has 2 heterocycles. The second kappa shape index (κ2) is 6.31. The summed E-state index contributed by atoms with van der Waals surface area (Å²) in [5.41, 5.74) is 1.77. The van der Waals surface area contributed by atoms with Gasteiger partial charge in [-0.05, 0) is 36.4 Å². The molecule has 4 rings (SSSR count). The number of fused-ring (bicyclic) bond motifs is 1. The maximum atomic E-state index is 13.1. The number of benzene rings is 2. The summed E-state index contributed by atoms with van der Waals surface area (Å²) in [6.45, 7) is 0.233. The maximum Gasteiger partial charge on any atom is 0.258 e. The number of nitrogens with zero attached hydrogens (tertiary/aromatic N) is 1. The molecule has 0 unspecified atom stereocenters. The van der Waals surface area contributed by atoms with Crippen LogP contribution in [0.1, 0.15) is 27.8 Å². The van der Waals surface area contributed by atoms with E-state index in [1.807, 2.05) is 12.1 Å². The first-order chi connectivity index (χ1) is 12.5. The van der Waals surface area contributed by atoms with Crippen LogP contribution in [0.25, 0.3) is 0 Å². The van der Waals surface area contributed by atoms with E-state index in [1.165, 1.54) is 12.1 Å². The second-order valence-corrected chi connectivity index (χ2v) is 6.38. The van der Waals surface area contributed by atoms with Crippen molar-refractivity contribution in [3.63, 3.8) is 0 Å². The number of aromatic hydroxyl groups is 2. The Morgan fingerprint density at radius 3 is 2.69 bits per heavy atom. The minimum Gasteiger partial charge on any atom is -0.504 e. The largest absolute Gasteiger partial charge is 0.504 e. The van der Waals surface area contributed by atoms with Crippen LogP contribution < -0.4 is 5.32 Å². The lowest BCUT2D eigenvalue weighted by atomic mass is 10.0. The van der Waals surface area contributed by atoms with E-state index in [9.17, 15) is 15.0 Å². The van der Waals surface area contributed by atoms with Crippen molar-refractivity contribution in [2.24, 2.45) is 0 Å². The van der Waals surface area contributed by atoms with Crippen molar-refractivity contribution in [3.8, 4) is 11.5 Å². The molecule has 0 radical (unpaired) electrons. The lowest BCUT2D eigenvalue weighted by molar-refractivity contribution is 0.0651. The highest BCUT2D eigenvalue weighted by atomic mass is 35.5. The molecule has 132 valence electrons. The molecule has 1 aromatic heterocycles. The van der Waals surface area contributed by atoms with Crippen molar-refractivity contribution in [1.29, 1.82) is 0 Å². The van der Waals surface area contributed by atoms with Gasteiger partial charge in [-0.15, -0.1) is 0 Å². The highest BCUT2D eigenvalue weighted by Gasteiger charge is 2.34. The van der Waals surface area contributed by atoms with Gasteiger partial charge in [-0.3, -0.25) is 4.79 Å². The monoisotopic (exact) mass is 370 g/mol. The van der Waals surface area contributed by atoms with Gasteiger partial charge < -0.3 is 24.8 Å². The van der Waals surface area contributed by atoms with E-state index in [1.54, 1.807) is 35.4 Å². The number of para-hydroxylation sites is 1. The summed E-state index contributed by atoms with van der Waals surface area (Å²) >= 11 is 6.01. The van der Waals surface area contributed by atoms with Crippen molar-refractivity contribution >= 4 is 23.2 Å². The summed E-state index contributed by atoms with van der Waals surface area (Å²) in [6, 6.07) is 13.6. The molecule has 1 aliphatic heterocycles. The predicted molar refractivity (Wildman–Crippen MR) is 96.2 cm³/mol. The normalized spacial score (nSPS) is 16.3. The fraction of sp³-hybridized carbons (Fsp3) is 0.105.